The van der Waals surface area contributed by atoms with Crippen molar-refractivity contribution in [2.75, 3.05) is 6.54 Å². The Labute approximate surface area is 91.1 Å². The zero-order chi connectivity index (χ0) is 10.1. The molecule has 0 amide bonds. The van der Waals surface area contributed by atoms with E-state index in [-0.39, 0.29) is 0 Å². The molecule has 3 atom stereocenters. The van der Waals surface area contributed by atoms with Gasteiger partial charge in [0.2, 0.25) is 0 Å². The van der Waals surface area contributed by atoms with Crippen LogP contribution < -0.4 is 10.6 Å². The Balaban J connectivity index is 1.40. The molecule has 1 saturated carbocycles. The molecule has 1 aliphatic carbocycles. The highest BCUT2D eigenvalue weighted by molar-refractivity contribution is 5.14. The van der Waals surface area contributed by atoms with Crippen molar-refractivity contribution in [2.45, 2.75) is 31.5 Å². The smallest absolute Gasteiger partial charge is 0.0206 e. The van der Waals surface area contributed by atoms with Gasteiger partial charge in [-0.1, -0.05) is 30.3 Å². The van der Waals surface area contributed by atoms with E-state index in [1.54, 1.807) is 0 Å². The molecular formula is C13H18N2. The van der Waals surface area contributed by atoms with E-state index in [2.05, 4.69) is 41.0 Å². The van der Waals surface area contributed by atoms with E-state index in [0.717, 1.165) is 31.1 Å². The monoisotopic (exact) mass is 202 g/mol. The van der Waals surface area contributed by atoms with Crippen LogP contribution in [0.5, 0.6) is 0 Å². The number of hydrogen-bond donors (Lipinski definition) is 2. The Morgan fingerprint density at radius 3 is 2.80 bits per heavy atom. The Kier molecular flexibility index (Phi) is 2.47. The SMILES string of the molecule is c1ccc(CNC[C@@H]2C[C@@H]3C[C@@H]3N2)cc1. The van der Waals surface area contributed by atoms with E-state index < -0.39 is 0 Å². The minimum Gasteiger partial charge on any atom is -0.311 e. The van der Waals surface area contributed by atoms with Crippen LogP contribution in [-0.2, 0) is 6.54 Å². The van der Waals surface area contributed by atoms with Crippen molar-refractivity contribution in [3.63, 3.8) is 0 Å². The first-order valence-electron chi connectivity index (χ1n) is 5.92. The van der Waals surface area contributed by atoms with Crippen LogP contribution in [-0.4, -0.2) is 18.6 Å². The van der Waals surface area contributed by atoms with E-state index in [4.69, 9.17) is 0 Å². The molecule has 2 nitrogen and oxygen atoms in total. The third kappa shape index (κ3) is 2.21. The zero-order valence-electron chi connectivity index (χ0n) is 8.95. The van der Waals surface area contributed by atoms with Crippen molar-refractivity contribution in [1.82, 2.24) is 10.6 Å². The number of piperidine rings is 1. The summed E-state index contributed by atoms with van der Waals surface area (Å²) in [5, 5.41) is 7.17. The highest BCUT2D eigenvalue weighted by atomic mass is 15.1. The van der Waals surface area contributed by atoms with Crippen molar-refractivity contribution in [1.29, 1.82) is 0 Å². The first-order valence-corrected chi connectivity index (χ1v) is 5.92. The summed E-state index contributed by atoms with van der Waals surface area (Å²) in [7, 11) is 0. The van der Waals surface area contributed by atoms with Crippen LogP contribution in [0.2, 0.25) is 0 Å². The number of hydrogen-bond acceptors (Lipinski definition) is 2. The van der Waals surface area contributed by atoms with Crippen molar-refractivity contribution < 1.29 is 0 Å². The molecule has 0 radical (unpaired) electrons. The maximum atomic E-state index is 3.65. The molecule has 2 N–H and O–H groups in total. The van der Waals surface area contributed by atoms with Crippen molar-refractivity contribution in [3.8, 4) is 0 Å². The Morgan fingerprint density at radius 2 is 2.07 bits per heavy atom. The Bertz CT molecular complexity index is 313. The lowest BCUT2D eigenvalue weighted by Crippen LogP contribution is -2.35. The molecule has 80 valence electrons. The summed E-state index contributed by atoms with van der Waals surface area (Å²) < 4.78 is 0. The fourth-order valence-corrected chi connectivity index (χ4v) is 2.58. The maximum Gasteiger partial charge on any atom is 0.0206 e. The van der Waals surface area contributed by atoms with Gasteiger partial charge in [0.1, 0.15) is 0 Å². The normalized spacial score (nSPS) is 32.7. The second kappa shape index (κ2) is 3.95. The van der Waals surface area contributed by atoms with Gasteiger partial charge in [-0.2, -0.15) is 0 Å². The second-order valence-electron chi connectivity index (χ2n) is 4.82. The van der Waals surface area contributed by atoms with E-state index in [1.807, 2.05) is 0 Å². The third-order valence-electron chi connectivity index (χ3n) is 3.52. The summed E-state index contributed by atoms with van der Waals surface area (Å²) in [6, 6.07) is 12.2. The Morgan fingerprint density at radius 1 is 1.20 bits per heavy atom. The minimum absolute atomic E-state index is 0.720. The lowest BCUT2D eigenvalue weighted by atomic mass is 10.1. The molecule has 3 rings (SSSR count). The predicted octanol–water partition coefficient (Wildman–Crippen LogP) is 1.53. The average molecular weight is 202 g/mol. The van der Waals surface area contributed by atoms with Gasteiger partial charge in [-0.3, -0.25) is 0 Å². The molecule has 0 aromatic heterocycles. The summed E-state index contributed by atoms with van der Waals surface area (Å²) in [6.07, 6.45) is 2.81. The van der Waals surface area contributed by atoms with E-state index >= 15 is 0 Å². The van der Waals surface area contributed by atoms with Gasteiger partial charge < -0.3 is 10.6 Å². The van der Waals surface area contributed by atoms with E-state index in [0.29, 0.717) is 0 Å². The van der Waals surface area contributed by atoms with Gasteiger partial charge in [0.15, 0.2) is 0 Å². The van der Waals surface area contributed by atoms with Gasteiger partial charge >= 0.3 is 0 Å². The maximum absolute atomic E-state index is 3.65. The van der Waals surface area contributed by atoms with Gasteiger partial charge in [0.25, 0.3) is 0 Å². The topological polar surface area (TPSA) is 24.1 Å². The molecule has 1 heterocycles. The molecule has 2 fully saturated rings. The second-order valence-corrected chi connectivity index (χ2v) is 4.82. The van der Waals surface area contributed by atoms with Crippen molar-refractivity contribution in [3.05, 3.63) is 35.9 Å². The first-order chi connectivity index (χ1) is 7.42. The van der Waals surface area contributed by atoms with Gasteiger partial charge in [-0.15, -0.1) is 0 Å². The van der Waals surface area contributed by atoms with Crippen LogP contribution in [0.4, 0.5) is 0 Å². The number of fused-ring (bicyclic) bond motifs is 1. The van der Waals surface area contributed by atoms with Crippen LogP contribution in [0.3, 0.4) is 0 Å². The minimum atomic E-state index is 0.720. The molecule has 0 spiro atoms. The predicted molar refractivity (Wildman–Crippen MR) is 61.6 cm³/mol. The summed E-state index contributed by atoms with van der Waals surface area (Å²) in [4.78, 5) is 0. The van der Waals surface area contributed by atoms with Crippen LogP contribution in [0.25, 0.3) is 0 Å². The van der Waals surface area contributed by atoms with E-state index in [1.165, 1.54) is 18.4 Å². The molecule has 1 aromatic rings. The molecule has 2 heteroatoms. The summed E-state index contributed by atoms with van der Waals surface area (Å²) >= 11 is 0. The molecule has 1 aromatic carbocycles. The largest absolute Gasteiger partial charge is 0.311 e. The molecule has 1 aliphatic heterocycles. The lowest BCUT2D eigenvalue weighted by Gasteiger charge is -2.13. The van der Waals surface area contributed by atoms with Gasteiger partial charge in [-0.05, 0) is 24.3 Å². The molecular weight excluding hydrogens is 184 g/mol. The van der Waals surface area contributed by atoms with Crippen molar-refractivity contribution >= 4 is 0 Å². The quantitative estimate of drug-likeness (QED) is 0.773. The molecule has 2 aliphatic rings. The van der Waals surface area contributed by atoms with Gasteiger partial charge in [0, 0.05) is 25.2 Å². The fourth-order valence-electron chi connectivity index (χ4n) is 2.58. The summed E-state index contributed by atoms with van der Waals surface area (Å²) in [6.45, 7) is 2.11. The lowest BCUT2D eigenvalue weighted by molar-refractivity contribution is 0.493. The van der Waals surface area contributed by atoms with Crippen LogP contribution in [0.15, 0.2) is 30.3 Å². The summed E-state index contributed by atoms with van der Waals surface area (Å²) in [5.41, 5.74) is 1.38. The molecule has 0 bridgehead atoms. The molecule has 0 unspecified atom stereocenters. The first kappa shape index (κ1) is 9.37. The molecule has 1 saturated heterocycles. The van der Waals surface area contributed by atoms with Crippen LogP contribution in [0, 0.1) is 5.92 Å². The highest BCUT2D eigenvalue weighted by Crippen LogP contribution is 2.40. The van der Waals surface area contributed by atoms with Crippen molar-refractivity contribution in [2.24, 2.45) is 5.92 Å². The number of nitrogens with one attached hydrogen (secondary N) is 2. The highest BCUT2D eigenvalue weighted by Gasteiger charge is 2.45. The average Bonchev–Trinajstić information content (AvgIpc) is 2.88. The third-order valence-corrected chi connectivity index (χ3v) is 3.52. The van der Waals surface area contributed by atoms with Gasteiger partial charge in [-0.25, -0.2) is 0 Å². The molecule has 15 heavy (non-hydrogen) atoms. The van der Waals surface area contributed by atoms with Crippen LogP contribution >= 0.6 is 0 Å². The number of benzene rings is 1. The standard InChI is InChI=1S/C13H18N2/c1-2-4-10(5-3-1)8-14-9-12-6-11-7-13(11)15-12/h1-5,11-15H,6-9H2/t11-,12+,13+/m1/s1. The van der Waals surface area contributed by atoms with E-state index in [9.17, 15) is 0 Å². The van der Waals surface area contributed by atoms with Gasteiger partial charge in [0.05, 0.1) is 0 Å². The van der Waals surface area contributed by atoms with Crippen LogP contribution in [0.1, 0.15) is 18.4 Å². The zero-order valence-corrected chi connectivity index (χ0v) is 8.95. The fraction of sp³-hybridized carbons (Fsp3) is 0.538. The summed E-state index contributed by atoms with van der Waals surface area (Å²) in [5.74, 6) is 1.01. The Hall–Kier alpha value is -0.860. The number of rotatable bonds is 4.